The Kier molecular flexibility index (Phi) is 6.29. The van der Waals surface area contributed by atoms with E-state index >= 15 is 0 Å². The van der Waals surface area contributed by atoms with E-state index in [1.54, 1.807) is 30.3 Å². The summed E-state index contributed by atoms with van der Waals surface area (Å²) in [4.78, 5) is 31.4. The molecule has 1 aliphatic heterocycles. The third-order valence-electron chi connectivity index (χ3n) is 6.70. The zero-order valence-electron chi connectivity index (χ0n) is 19.9. The predicted octanol–water partition coefficient (Wildman–Crippen LogP) is 2.81. The SMILES string of the molecule is CN1C(=O)[C@H](NC(=O)n2cc(Cc3cccc(F)n3)cn2)CCc2ccc(C#CC3(O)CCC3)cc21. The summed E-state index contributed by atoms with van der Waals surface area (Å²) in [7, 11) is 1.68. The normalized spacial score (nSPS) is 18.4. The Bertz CT molecular complexity index is 1390. The van der Waals surface area contributed by atoms with Crippen molar-refractivity contribution in [2.75, 3.05) is 11.9 Å². The molecule has 0 bridgehead atoms. The van der Waals surface area contributed by atoms with Crippen LogP contribution in [0.4, 0.5) is 14.9 Å². The van der Waals surface area contributed by atoms with E-state index in [-0.39, 0.29) is 5.91 Å². The van der Waals surface area contributed by atoms with E-state index < -0.39 is 23.6 Å². The fourth-order valence-electron chi connectivity index (χ4n) is 4.44. The number of pyridine rings is 1. The lowest BCUT2D eigenvalue weighted by molar-refractivity contribution is -0.120. The van der Waals surface area contributed by atoms with Crippen LogP contribution in [0.15, 0.2) is 48.8 Å². The molecule has 1 fully saturated rings. The molecule has 8 nitrogen and oxygen atoms in total. The molecule has 1 saturated carbocycles. The van der Waals surface area contributed by atoms with Gasteiger partial charge in [-0.2, -0.15) is 14.2 Å². The third-order valence-corrected chi connectivity index (χ3v) is 6.70. The van der Waals surface area contributed by atoms with Crippen LogP contribution in [0.25, 0.3) is 0 Å². The van der Waals surface area contributed by atoms with Gasteiger partial charge in [0.1, 0.15) is 11.6 Å². The highest BCUT2D eigenvalue weighted by molar-refractivity contribution is 6.00. The van der Waals surface area contributed by atoms with Gasteiger partial charge in [0.15, 0.2) is 0 Å². The molecule has 1 aromatic carbocycles. The van der Waals surface area contributed by atoms with Gasteiger partial charge in [0.05, 0.1) is 6.20 Å². The second kappa shape index (κ2) is 9.55. The summed E-state index contributed by atoms with van der Waals surface area (Å²) in [5.74, 6) is 5.18. The average molecular weight is 488 g/mol. The third kappa shape index (κ3) is 4.99. The summed E-state index contributed by atoms with van der Waals surface area (Å²) in [6, 6.07) is 8.99. The van der Waals surface area contributed by atoms with Crippen LogP contribution in [-0.4, -0.2) is 50.5 Å². The van der Waals surface area contributed by atoms with E-state index in [1.165, 1.54) is 12.3 Å². The highest BCUT2D eigenvalue weighted by Gasteiger charge is 2.32. The number of likely N-dealkylation sites (N-methyl/N-ethyl adjacent to an activating group) is 1. The first-order chi connectivity index (χ1) is 17.3. The Labute approximate surface area is 208 Å². The van der Waals surface area contributed by atoms with Crippen molar-refractivity contribution in [3.05, 3.63) is 77.1 Å². The average Bonchev–Trinajstić information content (AvgIpc) is 3.28. The number of rotatable bonds is 3. The number of nitrogens with zero attached hydrogens (tertiary/aromatic N) is 4. The van der Waals surface area contributed by atoms with Gasteiger partial charge in [-0.3, -0.25) is 4.79 Å². The van der Waals surface area contributed by atoms with E-state index in [9.17, 15) is 19.1 Å². The number of aryl methyl sites for hydroxylation is 1. The number of hydrogen-bond donors (Lipinski definition) is 2. The molecule has 184 valence electrons. The Balaban J connectivity index is 1.26. The van der Waals surface area contributed by atoms with Crippen LogP contribution in [-0.2, 0) is 17.6 Å². The van der Waals surface area contributed by atoms with Gasteiger partial charge in [-0.25, -0.2) is 9.78 Å². The van der Waals surface area contributed by atoms with Gasteiger partial charge in [0, 0.05) is 36.6 Å². The van der Waals surface area contributed by atoms with Crippen molar-refractivity contribution in [3.63, 3.8) is 0 Å². The first-order valence-corrected chi connectivity index (χ1v) is 11.9. The molecule has 1 atom stereocenters. The first kappa shape index (κ1) is 23.7. The number of halogens is 1. The fourth-order valence-corrected chi connectivity index (χ4v) is 4.44. The molecule has 0 unspecified atom stereocenters. The summed E-state index contributed by atoms with van der Waals surface area (Å²) in [6.45, 7) is 0. The maximum atomic E-state index is 13.3. The second-order valence-corrected chi connectivity index (χ2v) is 9.34. The molecular formula is C27H26FN5O3. The largest absolute Gasteiger partial charge is 0.378 e. The molecule has 5 rings (SSSR count). The minimum atomic E-state index is -0.899. The smallest absolute Gasteiger partial charge is 0.342 e. The monoisotopic (exact) mass is 487 g/mol. The Morgan fingerprint density at radius 3 is 2.89 bits per heavy atom. The molecule has 0 spiro atoms. The van der Waals surface area contributed by atoms with Gasteiger partial charge in [-0.15, -0.1) is 0 Å². The molecular weight excluding hydrogens is 461 g/mol. The molecule has 36 heavy (non-hydrogen) atoms. The van der Waals surface area contributed by atoms with E-state index in [2.05, 4.69) is 27.2 Å². The molecule has 2 N–H and O–H groups in total. The number of anilines is 1. The highest BCUT2D eigenvalue weighted by atomic mass is 19.1. The number of benzene rings is 1. The number of aromatic nitrogens is 3. The zero-order chi connectivity index (χ0) is 25.3. The summed E-state index contributed by atoms with van der Waals surface area (Å²) in [5.41, 5.74) is 2.78. The second-order valence-electron chi connectivity index (χ2n) is 9.34. The predicted molar refractivity (Wildman–Crippen MR) is 131 cm³/mol. The summed E-state index contributed by atoms with van der Waals surface area (Å²) in [6.07, 6.45) is 6.78. The van der Waals surface area contributed by atoms with Crippen molar-refractivity contribution < 1.29 is 19.1 Å². The number of amides is 2. The van der Waals surface area contributed by atoms with Crippen LogP contribution in [0.5, 0.6) is 0 Å². The van der Waals surface area contributed by atoms with Crippen LogP contribution < -0.4 is 10.2 Å². The van der Waals surface area contributed by atoms with Crippen LogP contribution in [0.2, 0.25) is 0 Å². The van der Waals surface area contributed by atoms with Crippen LogP contribution in [0, 0.1) is 17.8 Å². The highest BCUT2D eigenvalue weighted by Crippen LogP contribution is 2.31. The number of nitrogens with one attached hydrogen (secondary N) is 1. The molecule has 2 aliphatic rings. The molecule has 3 aromatic rings. The van der Waals surface area contributed by atoms with Crippen LogP contribution in [0.3, 0.4) is 0 Å². The fraction of sp³-hybridized carbons (Fsp3) is 0.333. The van der Waals surface area contributed by atoms with Gasteiger partial charge in [-0.1, -0.05) is 24.0 Å². The number of carbonyl (C=O) groups excluding carboxylic acids is 2. The lowest BCUT2D eigenvalue weighted by Crippen LogP contribution is -2.48. The van der Waals surface area contributed by atoms with Gasteiger partial charge < -0.3 is 15.3 Å². The topological polar surface area (TPSA) is 100 Å². The minimum absolute atomic E-state index is 0.235. The van der Waals surface area contributed by atoms with Crippen molar-refractivity contribution in [2.24, 2.45) is 0 Å². The van der Waals surface area contributed by atoms with Crippen molar-refractivity contribution in [1.29, 1.82) is 0 Å². The molecule has 0 radical (unpaired) electrons. The number of hydrogen-bond acceptors (Lipinski definition) is 5. The quantitative estimate of drug-likeness (QED) is 0.437. The Morgan fingerprint density at radius 2 is 2.14 bits per heavy atom. The van der Waals surface area contributed by atoms with Crippen molar-refractivity contribution in [2.45, 2.75) is 50.2 Å². The van der Waals surface area contributed by atoms with Crippen LogP contribution in [0.1, 0.15) is 48.1 Å². The summed E-state index contributed by atoms with van der Waals surface area (Å²) >= 11 is 0. The molecule has 9 heteroatoms. The molecule has 3 heterocycles. The van der Waals surface area contributed by atoms with E-state index in [4.69, 9.17) is 0 Å². The standard InChI is InChI=1S/C27H26FN5O3/c1-32-23-15-18(10-13-27(36)11-3-12-27)6-7-20(23)8-9-22(25(32)34)31-26(35)33-17-19(16-29-33)14-21-4-2-5-24(28)30-21/h2,4-7,15-17,22,36H,3,8-9,11-12,14H2,1H3,(H,31,35)/t22-/m1/s1. The summed E-state index contributed by atoms with van der Waals surface area (Å²) < 4.78 is 14.5. The number of aliphatic hydroxyl groups is 1. The molecule has 2 aromatic heterocycles. The van der Waals surface area contributed by atoms with E-state index in [0.29, 0.717) is 43.4 Å². The maximum absolute atomic E-state index is 13.3. The van der Waals surface area contributed by atoms with Crippen molar-refractivity contribution >= 4 is 17.6 Å². The minimum Gasteiger partial charge on any atom is -0.378 e. The van der Waals surface area contributed by atoms with E-state index in [1.807, 2.05) is 18.2 Å². The van der Waals surface area contributed by atoms with Crippen LogP contribution >= 0.6 is 0 Å². The van der Waals surface area contributed by atoms with Gasteiger partial charge in [0.25, 0.3) is 0 Å². The zero-order valence-corrected chi connectivity index (χ0v) is 19.9. The van der Waals surface area contributed by atoms with Gasteiger partial charge in [-0.05, 0) is 67.5 Å². The maximum Gasteiger partial charge on any atom is 0.342 e. The molecule has 0 saturated heterocycles. The number of fused-ring (bicyclic) bond motifs is 1. The summed E-state index contributed by atoms with van der Waals surface area (Å²) in [5, 5.41) is 17.1. The Hall–Kier alpha value is -4.03. The first-order valence-electron chi connectivity index (χ1n) is 11.9. The van der Waals surface area contributed by atoms with Gasteiger partial charge >= 0.3 is 6.03 Å². The van der Waals surface area contributed by atoms with Gasteiger partial charge in [0.2, 0.25) is 11.9 Å². The van der Waals surface area contributed by atoms with Crippen molar-refractivity contribution in [3.8, 4) is 11.8 Å². The van der Waals surface area contributed by atoms with Crippen molar-refractivity contribution in [1.82, 2.24) is 20.1 Å². The lowest BCUT2D eigenvalue weighted by atomic mass is 9.81. The molecule has 2 amide bonds. The number of carbonyl (C=O) groups is 2. The lowest BCUT2D eigenvalue weighted by Gasteiger charge is -2.30. The Morgan fingerprint density at radius 1 is 1.31 bits per heavy atom. The molecule has 1 aliphatic carbocycles. The van der Waals surface area contributed by atoms with E-state index in [0.717, 1.165) is 27.9 Å².